The van der Waals surface area contributed by atoms with Crippen LogP contribution in [0.15, 0.2) is 59.7 Å². The molecule has 3 aromatic rings. The summed E-state index contributed by atoms with van der Waals surface area (Å²) in [7, 11) is 0. The molecule has 1 aromatic heterocycles. The summed E-state index contributed by atoms with van der Waals surface area (Å²) >= 11 is 0. The van der Waals surface area contributed by atoms with Gasteiger partial charge in [-0.05, 0) is 49.1 Å². The van der Waals surface area contributed by atoms with E-state index in [0.717, 1.165) is 37.2 Å². The van der Waals surface area contributed by atoms with Crippen molar-refractivity contribution in [3.8, 4) is 6.07 Å². The lowest BCUT2D eigenvalue weighted by Crippen LogP contribution is -2.31. The molecule has 0 spiro atoms. The Balaban J connectivity index is 1.54. The number of aromatic nitrogens is 3. The third kappa shape index (κ3) is 5.08. The number of hydrazone groups is 1. The first-order valence-corrected chi connectivity index (χ1v) is 9.92. The number of hydrogen-bond acceptors (Lipinski definition) is 8. The number of piperidine rings is 1. The molecule has 0 aliphatic carbocycles. The first-order chi connectivity index (χ1) is 14.8. The lowest BCUT2D eigenvalue weighted by atomic mass is 10.1. The van der Waals surface area contributed by atoms with Gasteiger partial charge in [-0.3, -0.25) is 0 Å². The Morgan fingerprint density at radius 3 is 2.37 bits per heavy atom. The highest BCUT2D eigenvalue weighted by Gasteiger charge is 2.16. The number of hydrogen-bond donors (Lipinski definition) is 2. The summed E-state index contributed by atoms with van der Waals surface area (Å²) in [6, 6.07) is 19.1. The van der Waals surface area contributed by atoms with E-state index in [-0.39, 0.29) is 0 Å². The van der Waals surface area contributed by atoms with E-state index in [1.807, 2.05) is 42.5 Å². The minimum Gasteiger partial charge on any atom is -0.341 e. The van der Waals surface area contributed by atoms with Crippen molar-refractivity contribution >= 4 is 29.7 Å². The highest BCUT2D eigenvalue weighted by molar-refractivity contribution is 5.80. The first-order valence-electron chi connectivity index (χ1n) is 9.92. The number of nitrogens with zero attached hydrogens (tertiary/aromatic N) is 6. The van der Waals surface area contributed by atoms with E-state index in [1.165, 1.54) is 6.42 Å². The van der Waals surface area contributed by atoms with Gasteiger partial charge in [0, 0.05) is 18.8 Å². The van der Waals surface area contributed by atoms with Crippen molar-refractivity contribution in [2.45, 2.75) is 19.3 Å². The third-order valence-electron chi connectivity index (χ3n) is 4.71. The monoisotopic (exact) mass is 398 g/mol. The molecule has 0 radical (unpaired) electrons. The van der Waals surface area contributed by atoms with Crippen LogP contribution in [0.2, 0.25) is 0 Å². The third-order valence-corrected chi connectivity index (χ3v) is 4.71. The Morgan fingerprint density at radius 2 is 1.63 bits per heavy atom. The van der Waals surface area contributed by atoms with Crippen LogP contribution >= 0.6 is 0 Å². The van der Waals surface area contributed by atoms with Crippen LogP contribution in [0.5, 0.6) is 0 Å². The number of benzene rings is 2. The quantitative estimate of drug-likeness (QED) is 0.479. The maximum Gasteiger partial charge on any atom is 0.250 e. The van der Waals surface area contributed by atoms with Crippen molar-refractivity contribution in [1.29, 1.82) is 5.26 Å². The maximum absolute atomic E-state index is 8.89. The smallest absolute Gasteiger partial charge is 0.250 e. The molecule has 2 N–H and O–H groups in total. The van der Waals surface area contributed by atoms with E-state index >= 15 is 0 Å². The standard InChI is InChI=1S/C22H22N8/c23-15-17-9-11-18(12-10-17)16-24-29-21-26-20(25-19-7-3-1-4-8-19)27-22(28-21)30-13-5-2-6-14-30/h1,3-4,7-12,16H,2,5-6,13-14H2,(H2,25,26,27,28,29)/b24-16-. The minimum atomic E-state index is 0.369. The van der Waals surface area contributed by atoms with Gasteiger partial charge >= 0.3 is 0 Å². The Bertz CT molecular complexity index is 1030. The summed E-state index contributed by atoms with van der Waals surface area (Å²) in [4.78, 5) is 15.8. The second kappa shape index (κ2) is 9.47. The summed E-state index contributed by atoms with van der Waals surface area (Å²) in [6.07, 6.45) is 5.16. The van der Waals surface area contributed by atoms with Crippen LogP contribution in [0.3, 0.4) is 0 Å². The molecule has 1 fully saturated rings. The molecule has 4 rings (SSSR count). The van der Waals surface area contributed by atoms with Gasteiger partial charge in [0.2, 0.25) is 17.8 Å². The normalized spacial score (nSPS) is 13.8. The van der Waals surface area contributed by atoms with Crippen molar-refractivity contribution in [2.75, 3.05) is 28.7 Å². The molecule has 0 unspecified atom stereocenters. The van der Waals surface area contributed by atoms with E-state index < -0.39 is 0 Å². The van der Waals surface area contributed by atoms with Gasteiger partial charge in [0.25, 0.3) is 0 Å². The van der Waals surface area contributed by atoms with Crippen LogP contribution < -0.4 is 15.6 Å². The molecule has 30 heavy (non-hydrogen) atoms. The lowest BCUT2D eigenvalue weighted by Gasteiger charge is -2.26. The molecule has 2 heterocycles. The predicted molar refractivity (Wildman–Crippen MR) is 118 cm³/mol. The predicted octanol–water partition coefficient (Wildman–Crippen LogP) is 3.92. The van der Waals surface area contributed by atoms with Crippen molar-refractivity contribution in [3.05, 3.63) is 65.7 Å². The topological polar surface area (TPSA) is 102 Å². The molecule has 1 aliphatic rings. The van der Waals surface area contributed by atoms with Gasteiger partial charge in [-0.1, -0.05) is 30.3 Å². The van der Waals surface area contributed by atoms with E-state index in [1.54, 1.807) is 18.3 Å². The van der Waals surface area contributed by atoms with Gasteiger partial charge in [0.15, 0.2) is 0 Å². The lowest BCUT2D eigenvalue weighted by molar-refractivity contribution is 0.568. The van der Waals surface area contributed by atoms with Crippen molar-refractivity contribution in [2.24, 2.45) is 5.10 Å². The Kier molecular flexibility index (Phi) is 6.11. The number of rotatable bonds is 6. The van der Waals surface area contributed by atoms with Gasteiger partial charge in [0.1, 0.15) is 0 Å². The molecule has 0 atom stereocenters. The highest BCUT2D eigenvalue weighted by atomic mass is 15.4. The summed E-state index contributed by atoms with van der Waals surface area (Å²) in [5.74, 6) is 1.47. The fourth-order valence-corrected chi connectivity index (χ4v) is 3.16. The number of nitrogens with one attached hydrogen (secondary N) is 2. The molecule has 1 saturated heterocycles. The fraction of sp³-hybridized carbons (Fsp3) is 0.227. The second-order valence-corrected chi connectivity index (χ2v) is 6.93. The average Bonchev–Trinajstić information content (AvgIpc) is 2.81. The largest absolute Gasteiger partial charge is 0.341 e. The van der Waals surface area contributed by atoms with Gasteiger partial charge < -0.3 is 10.2 Å². The maximum atomic E-state index is 8.89. The van der Waals surface area contributed by atoms with E-state index in [0.29, 0.717) is 23.4 Å². The Hall–Kier alpha value is -3.99. The van der Waals surface area contributed by atoms with Gasteiger partial charge in [-0.15, -0.1) is 0 Å². The van der Waals surface area contributed by atoms with Gasteiger partial charge in [-0.25, -0.2) is 5.43 Å². The molecule has 150 valence electrons. The van der Waals surface area contributed by atoms with Crippen LogP contribution in [-0.2, 0) is 0 Å². The highest BCUT2D eigenvalue weighted by Crippen LogP contribution is 2.20. The second-order valence-electron chi connectivity index (χ2n) is 6.93. The van der Waals surface area contributed by atoms with Gasteiger partial charge in [-0.2, -0.15) is 25.3 Å². The molecule has 1 aliphatic heterocycles. The van der Waals surface area contributed by atoms with E-state index in [2.05, 4.69) is 41.8 Å². The minimum absolute atomic E-state index is 0.369. The zero-order valence-corrected chi connectivity index (χ0v) is 16.5. The number of nitriles is 1. The SMILES string of the molecule is N#Cc1ccc(/C=N\Nc2nc(Nc3ccccc3)nc(N3CCCCC3)n2)cc1. The fourth-order valence-electron chi connectivity index (χ4n) is 3.16. The summed E-state index contributed by atoms with van der Waals surface area (Å²) < 4.78 is 0. The zero-order valence-electron chi connectivity index (χ0n) is 16.5. The molecule has 8 nitrogen and oxygen atoms in total. The molecular weight excluding hydrogens is 376 g/mol. The van der Waals surface area contributed by atoms with Crippen molar-refractivity contribution in [3.63, 3.8) is 0 Å². The molecular formula is C22H22N8. The summed E-state index contributed by atoms with van der Waals surface area (Å²) in [5, 5.41) is 16.4. The van der Waals surface area contributed by atoms with Gasteiger partial charge in [0.05, 0.1) is 17.8 Å². The van der Waals surface area contributed by atoms with Crippen LogP contribution in [0.25, 0.3) is 0 Å². The van der Waals surface area contributed by atoms with Crippen molar-refractivity contribution in [1.82, 2.24) is 15.0 Å². The molecule has 0 amide bonds. The zero-order chi connectivity index (χ0) is 20.6. The molecule has 8 heteroatoms. The molecule has 0 bridgehead atoms. The number of anilines is 4. The Labute approximate surface area is 175 Å². The van der Waals surface area contributed by atoms with Crippen LogP contribution in [0, 0.1) is 11.3 Å². The van der Waals surface area contributed by atoms with Crippen LogP contribution in [0.1, 0.15) is 30.4 Å². The summed E-state index contributed by atoms with van der Waals surface area (Å²) in [6.45, 7) is 1.87. The number of para-hydroxylation sites is 1. The summed E-state index contributed by atoms with van der Waals surface area (Å²) in [5.41, 5.74) is 5.29. The molecule has 0 saturated carbocycles. The van der Waals surface area contributed by atoms with Crippen LogP contribution in [-0.4, -0.2) is 34.3 Å². The average molecular weight is 398 g/mol. The molecule has 2 aromatic carbocycles. The first kappa shape index (κ1) is 19.3. The van der Waals surface area contributed by atoms with Crippen molar-refractivity contribution < 1.29 is 0 Å². The van der Waals surface area contributed by atoms with E-state index in [9.17, 15) is 0 Å². The van der Waals surface area contributed by atoms with Crippen LogP contribution in [0.4, 0.5) is 23.5 Å². The van der Waals surface area contributed by atoms with E-state index in [4.69, 9.17) is 5.26 Å². The Morgan fingerprint density at radius 1 is 0.900 bits per heavy atom.